The molecule has 0 spiro atoms. The molecule has 0 fully saturated rings. The molecule has 1 aromatic rings. The van der Waals surface area contributed by atoms with Gasteiger partial charge in [0, 0.05) is 17.8 Å². The SMILES string of the molecule is CC(C)CNc1ncnc2c1CCCC2. The van der Waals surface area contributed by atoms with Crippen molar-refractivity contribution in [3.63, 3.8) is 0 Å². The molecule has 0 radical (unpaired) electrons. The van der Waals surface area contributed by atoms with Crippen LogP contribution >= 0.6 is 0 Å². The molecule has 82 valence electrons. The molecule has 1 aliphatic carbocycles. The fourth-order valence-corrected chi connectivity index (χ4v) is 1.97. The largest absolute Gasteiger partial charge is 0.369 e. The van der Waals surface area contributed by atoms with Crippen LogP contribution in [0.4, 0.5) is 5.82 Å². The molecular weight excluding hydrogens is 186 g/mol. The van der Waals surface area contributed by atoms with E-state index < -0.39 is 0 Å². The third-order valence-corrected chi connectivity index (χ3v) is 2.80. The predicted octanol–water partition coefficient (Wildman–Crippen LogP) is 2.42. The highest BCUT2D eigenvalue weighted by atomic mass is 15.0. The van der Waals surface area contributed by atoms with Crippen LogP contribution in [0.15, 0.2) is 6.33 Å². The van der Waals surface area contributed by atoms with Gasteiger partial charge < -0.3 is 5.32 Å². The second-order valence-corrected chi connectivity index (χ2v) is 4.63. The third-order valence-electron chi connectivity index (χ3n) is 2.80. The Bertz CT molecular complexity index is 334. The van der Waals surface area contributed by atoms with Crippen LogP contribution in [0.2, 0.25) is 0 Å². The first-order chi connectivity index (χ1) is 7.27. The molecule has 1 aromatic heterocycles. The van der Waals surface area contributed by atoms with Gasteiger partial charge in [-0.1, -0.05) is 13.8 Å². The highest BCUT2D eigenvalue weighted by Gasteiger charge is 2.14. The standard InChI is InChI=1S/C12H19N3/c1-9(2)7-13-12-10-5-3-4-6-11(10)14-8-15-12/h8-9H,3-7H2,1-2H3,(H,13,14,15). The normalized spacial score (nSPS) is 15.1. The van der Waals surface area contributed by atoms with Gasteiger partial charge in [0.05, 0.1) is 0 Å². The van der Waals surface area contributed by atoms with Gasteiger partial charge in [-0.15, -0.1) is 0 Å². The number of anilines is 1. The molecule has 0 atom stereocenters. The Kier molecular flexibility index (Phi) is 3.19. The number of hydrogen-bond acceptors (Lipinski definition) is 3. The van der Waals surface area contributed by atoms with Crippen molar-refractivity contribution in [1.82, 2.24) is 9.97 Å². The van der Waals surface area contributed by atoms with E-state index in [1.807, 2.05) is 0 Å². The number of hydrogen-bond donors (Lipinski definition) is 1. The van der Waals surface area contributed by atoms with Crippen molar-refractivity contribution in [2.24, 2.45) is 5.92 Å². The molecule has 3 nitrogen and oxygen atoms in total. The minimum absolute atomic E-state index is 0.652. The third kappa shape index (κ3) is 2.46. The summed E-state index contributed by atoms with van der Waals surface area (Å²) in [6.07, 6.45) is 6.49. The molecule has 0 bridgehead atoms. The Balaban J connectivity index is 2.16. The van der Waals surface area contributed by atoms with Gasteiger partial charge in [-0.05, 0) is 31.6 Å². The second-order valence-electron chi connectivity index (χ2n) is 4.63. The van der Waals surface area contributed by atoms with Crippen molar-refractivity contribution in [2.45, 2.75) is 39.5 Å². The fourth-order valence-electron chi connectivity index (χ4n) is 1.97. The lowest BCUT2D eigenvalue weighted by atomic mass is 9.96. The highest BCUT2D eigenvalue weighted by molar-refractivity contribution is 5.46. The van der Waals surface area contributed by atoms with Gasteiger partial charge in [-0.3, -0.25) is 0 Å². The molecule has 1 aliphatic rings. The van der Waals surface area contributed by atoms with Crippen LogP contribution < -0.4 is 5.32 Å². The average molecular weight is 205 g/mol. The average Bonchev–Trinajstić information content (AvgIpc) is 2.26. The molecule has 3 heteroatoms. The number of fused-ring (bicyclic) bond motifs is 1. The maximum atomic E-state index is 4.36. The molecule has 2 rings (SSSR count). The van der Waals surface area contributed by atoms with Crippen molar-refractivity contribution < 1.29 is 0 Å². The van der Waals surface area contributed by atoms with E-state index in [0.29, 0.717) is 5.92 Å². The lowest BCUT2D eigenvalue weighted by Gasteiger charge is -2.18. The summed E-state index contributed by atoms with van der Waals surface area (Å²) >= 11 is 0. The molecule has 0 unspecified atom stereocenters. The Labute approximate surface area is 91.3 Å². The van der Waals surface area contributed by atoms with Crippen molar-refractivity contribution >= 4 is 5.82 Å². The zero-order valence-electron chi connectivity index (χ0n) is 9.58. The lowest BCUT2D eigenvalue weighted by Crippen LogP contribution is -2.15. The van der Waals surface area contributed by atoms with E-state index in [1.54, 1.807) is 6.33 Å². The summed E-state index contributed by atoms with van der Waals surface area (Å²) in [4.78, 5) is 8.70. The number of aryl methyl sites for hydroxylation is 1. The second kappa shape index (κ2) is 4.60. The molecule has 0 aromatic carbocycles. The summed E-state index contributed by atoms with van der Waals surface area (Å²) in [6, 6.07) is 0. The molecule has 0 saturated carbocycles. The summed E-state index contributed by atoms with van der Waals surface area (Å²) in [7, 11) is 0. The zero-order valence-corrected chi connectivity index (χ0v) is 9.58. The Morgan fingerprint density at radius 1 is 1.27 bits per heavy atom. The van der Waals surface area contributed by atoms with Crippen LogP contribution in [0.3, 0.4) is 0 Å². The summed E-state index contributed by atoms with van der Waals surface area (Å²) in [5.41, 5.74) is 2.60. The van der Waals surface area contributed by atoms with Crippen molar-refractivity contribution in [2.75, 3.05) is 11.9 Å². The topological polar surface area (TPSA) is 37.8 Å². The number of nitrogens with zero attached hydrogens (tertiary/aromatic N) is 2. The van der Waals surface area contributed by atoms with Crippen molar-refractivity contribution in [3.05, 3.63) is 17.6 Å². The van der Waals surface area contributed by atoms with Gasteiger partial charge in [-0.2, -0.15) is 0 Å². The molecule has 0 aliphatic heterocycles. The monoisotopic (exact) mass is 205 g/mol. The maximum Gasteiger partial charge on any atom is 0.132 e. The summed E-state index contributed by atoms with van der Waals surface area (Å²) in [5, 5.41) is 3.42. The Morgan fingerprint density at radius 3 is 2.87 bits per heavy atom. The van der Waals surface area contributed by atoms with Crippen LogP contribution in [0.25, 0.3) is 0 Å². The molecule has 0 amide bonds. The number of rotatable bonds is 3. The molecule has 0 saturated heterocycles. The number of nitrogens with one attached hydrogen (secondary N) is 1. The van der Waals surface area contributed by atoms with Gasteiger partial charge in [-0.25, -0.2) is 9.97 Å². The van der Waals surface area contributed by atoms with Gasteiger partial charge in [0.15, 0.2) is 0 Å². The first-order valence-corrected chi connectivity index (χ1v) is 5.84. The smallest absolute Gasteiger partial charge is 0.132 e. The van der Waals surface area contributed by atoms with E-state index in [-0.39, 0.29) is 0 Å². The maximum absolute atomic E-state index is 4.36. The lowest BCUT2D eigenvalue weighted by molar-refractivity contribution is 0.655. The van der Waals surface area contributed by atoms with Crippen molar-refractivity contribution in [1.29, 1.82) is 0 Å². The highest BCUT2D eigenvalue weighted by Crippen LogP contribution is 2.24. The number of aromatic nitrogens is 2. The van der Waals surface area contributed by atoms with E-state index in [4.69, 9.17) is 0 Å². The fraction of sp³-hybridized carbons (Fsp3) is 0.667. The summed E-state index contributed by atoms with van der Waals surface area (Å²) < 4.78 is 0. The van der Waals surface area contributed by atoms with Crippen LogP contribution in [-0.4, -0.2) is 16.5 Å². The quantitative estimate of drug-likeness (QED) is 0.823. The zero-order chi connectivity index (χ0) is 10.7. The summed E-state index contributed by atoms with van der Waals surface area (Å²) in [6.45, 7) is 5.41. The van der Waals surface area contributed by atoms with Crippen LogP contribution in [0.1, 0.15) is 37.9 Å². The van der Waals surface area contributed by atoms with Gasteiger partial charge >= 0.3 is 0 Å². The van der Waals surface area contributed by atoms with E-state index in [0.717, 1.165) is 25.2 Å². The first-order valence-electron chi connectivity index (χ1n) is 5.84. The minimum Gasteiger partial charge on any atom is -0.369 e. The van der Waals surface area contributed by atoms with Gasteiger partial charge in [0.25, 0.3) is 0 Å². The van der Waals surface area contributed by atoms with E-state index in [9.17, 15) is 0 Å². The first kappa shape index (κ1) is 10.4. The van der Waals surface area contributed by atoms with Crippen LogP contribution in [0, 0.1) is 5.92 Å². The molecule has 1 heterocycles. The Morgan fingerprint density at radius 2 is 2.07 bits per heavy atom. The van der Waals surface area contributed by atoms with Crippen LogP contribution in [0.5, 0.6) is 0 Å². The molecular formula is C12H19N3. The Hall–Kier alpha value is -1.12. The van der Waals surface area contributed by atoms with Gasteiger partial charge in [0.2, 0.25) is 0 Å². The molecule has 1 N–H and O–H groups in total. The van der Waals surface area contributed by atoms with Gasteiger partial charge in [0.1, 0.15) is 12.1 Å². The minimum atomic E-state index is 0.652. The van der Waals surface area contributed by atoms with E-state index in [1.165, 1.54) is 24.1 Å². The van der Waals surface area contributed by atoms with E-state index in [2.05, 4.69) is 29.1 Å². The van der Waals surface area contributed by atoms with E-state index >= 15 is 0 Å². The van der Waals surface area contributed by atoms with Crippen LogP contribution in [-0.2, 0) is 12.8 Å². The molecule has 15 heavy (non-hydrogen) atoms. The summed E-state index contributed by atoms with van der Waals surface area (Å²) in [5.74, 6) is 1.72. The predicted molar refractivity (Wildman–Crippen MR) is 62.0 cm³/mol. The van der Waals surface area contributed by atoms with Crippen molar-refractivity contribution in [3.8, 4) is 0 Å².